The third-order valence-corrected chi connectivity index (χ3v) is 3.35. The van der Waals surface area contributed by atoms with Crippen molar-refractivity contribution in [2.75, 3.05) is 25.5 Å². The molecule has 0 radical (unpaired) electrons. The number of nitrogens with zero attached hydrogens (tertiary/aromatic N) is 2. The van der Waals surface area contributed by atoms with E-state index in [1.165, 1.54) is 24.1 Å². The Balaban J connectivity index is 0.00000225. The number of hydrogen-bond donors (Lipinski definition) is 1. The van der Waals surface area contributed by atoms with E-state index in [4.69, 9.17) is 0 Å². The van der Waals surface area contributed by atoms with Crippen LogP contribution in [0.15, 0.2) is 6.20 Å². The summed E-state index contributed by atoms with van der Waals surface area (Å²) in [5.74, 6) is 0. The molecule has 1 aromatic rings. The molecule has 16 heavy (non-hydrogen) atoms. The second-order valence-electron chi connectivity index (χ2n) is 3.89. The van der Waals surface area contributed by atoms with E-state index < -0.39 is 0 Å². The summed E-state index contributed by atoms with van der Waals surface area (Å²) >= 11 is 1.76. The molecule has 0 saturated heterocycles. The number of rotatable bonds is 7. The van der Waals surface area contributed by atoms with Crippen LogP contribution in [-0.2, 0) is 6.54 Å². The highest BCUT2D eigenvalue weighted by Gasteiger charge is 2.02. The fourth-order valence-electron chi connectivity index (χ4n) is 1.30. The van der Waals surface area contributed by atoms with E-state index in [2.05, 4.69) is 17.2 Å². The fourth-order valence-corrected chi connectivity index (χ4v) is 2.10. The summed E-state index contributed by atoms with van der Waals surface area (Å²) in [6.07, 6.45) is 5.84. The first-order valence-electron chi connectivity index (χ1n) is 5.56. The Labute approximate surface area is 109 Å². The molecular formula is C11H22ClN3S. The normalized spacial score (nSPS) is 9.94. The van der Waals surface area contributed by atoms with Gasteiger partial charge in [-0.3, -0.25) is 0 Å². The number of anilines is 1. The van der Waals surface area contributed by atoms with Gasteiger partial charge in [-0.1, -0.05) is 19.8 Å². The number of nitrogens with one attached hydrogen (secondary N) is 1. The van der Waals surface area contributed by atoms with E-state index in [9.17, 15) is 0 Å². The van der Waals surface area contributed by atoms with Crippen molar-refractivity contribution in [2.24, 2.45) is 0 Å². The van der Waals surface area contributed by atoms with Crippen LogP contribution >= 0.6 is 23.7 Å². The highest BCUT2D eigenvalue weighted by Crippen LogP contribution is 2.19. The van der Waals surface area contributed by atoms with Crippen LogP contribution in [-0.4, -0.2) is 25.6 Å². The molecule has 94 valence electrons. The zero-order valence-corrected chi connectivity index (χ0v) is 12.0. The van der Waals surface area contributed by atoms with Crippen molar-refractivity contribution in [3.8, 4) is 0 Å². The fraction of sp³-hybridized carbons (Fsp3) is 0.727. The predicted octanol–water partition coefficient (Wildman–Crippen LogP) is 2.91. The van der Waals surface area contributed by atoms with Gasteiger partial charge in [0.05, 0.1) is 0 Å². The van der Waals surface area contributed by atoms with Crippen LogP contribution in [0.1, 0.15) is 31.1 Å². The van der Waals surface area contributed by atoms with Crippen LogP contribution in [0.25, 0.3) is 0 Å². The van der Waals surface area contributed by atoms with Crippen molar-refractivity contribution in [1.29, 1.82) is 0 Å². The lowest BCUT2D eigenvalue weighted by Gasteiger charge is -2.05. The van der Waals surface area contributed by atoms with Gasteiger partial charge in [-0.15, -0.1) is 23.7 Å². The highest BCUT2D eigenvalue weighted by atomic mass is 35.5. The summed E-state index contributed by atoms with van der Waals surface area (Å²) in [5, 5.41) is 4.52. The molecule has 5 heteroatoms. The van der Waals surface area contributed by atoms with Gasteiger partial charge in [-0.2, -0.15) is 0 Å². The van der Waals surface area contributed by atoms with Crippen molar-refractivity contribution in [1.82, 2.24) is 10.3 Å². The topological polar surface area (TPSA) is 28.2 Å². The molecule has 0 atom stereocenters. The molecule has 1 aromatic heterocycles. The Morgan fingerprint density at radius 3 is 2.69 bits per heavy atom. The predicted molar refractivity (Wildman–Crippen MR) is 74.9 cm³/mol. The SMILES string of the molecule is CCCCCNCc1cnc(N(C)C)s1.Cl. The zero-order chi connectivity index (χ0) is 11.1. The second-order valence-corrected chi connectivity index (χ2v) is 4.98. The molecule has 0 saturated carbocycles. The van der Waals surface area contributed by atoms with E-state index in [-0.39, 0.29) is 12.4 Å². The van der Waals surface area contributed by atoms with Gasteiger partial charge in [0.15, 0.2) is 5.13 Å². The van der Waals surface area contributed by atoms with Crippen LogP contribution in [0.3, 0.4) is 0 Å². The van der Waals surface area contributed by atoms with E-state index >= 15 is 0 Å². The average Bonchev–Trinajstić information content (AvgIpc) is 2.66. The van der Waals surface area contributed by atoms with Gasteiger partial charge in [0.25, 0.3) is 0 Å². The molecule has 0 aliphatic rings. The van der Waals surface area contributed by atoms with Crippen molar-refractivity contribution in [3.05, 3.63) is 11.1 Å². The van der Waals surface area contributed by atoms with Crippen molar-refractivity contribution >= 4 is 28.9 Å². The van der Waals surface area contributed by atoms with Crippen LogP contribution in [0.2, 0.25) is 0 Å². The van der Waals surface area contributed by atoms with Crippen molar-refractivity contribution in [2.45, 2.75) is 32.7 Å². The maximum atomic E-state index is 4.34. The van der Waals surface area contributed by atoms with E-state index in [1.54, 1.807) is 11.3 Å². The lowest BCUT2D eigenvalue weighted by molar-refractivity contribution is 0.620. The van der Waals surface area contributed by atoms with E-state index in [0.29, 0.717) is 0 Å². The van der Waals surface area contributed by atoms with Crippen LogP contribution in [0.5, 0.6) is 0 Å². The monoisotopic (exact) mass is 263 g/mol. The Bertz CT molecular complexity index is 276. The molecule has 3 nitrogen and oxygen atoms in total. The molecule has 0 aliphatic heterocycles. The molecule has 1 N–H and O–H groups in total. The molecule has 0 aliphatic carbocycles. The number of halogens is 1. The summed E-state index contributed by atoms with van der Waals surface area (Å²) in [7, 11) is 4.05. The third kappa shape index (κ3) is 5.68. The minimum absolute atomic E-state index is 0. The van der Waals surface area contributed by atoms with Gasteiger partial charge in [0.1, 0.15) is 0 Å². The lowest BCUT2D eigenvalue weighted by atomic mass is 10.2. The van der Waals surface area contributed by atoms with Gasteiger partial charge >= 0.3 is 0 Å². The Hall–Kier alpha value is -0.320. The quantitative estimate of drug-likeness (QED) is 0.767. The average molecular weight is 264 g/mol. The Kier molecular flexibility index (Phi) is 8.61. The summed E-state index contributed by atoms with van der Waals surface area (Å²) < 4.78 is 0. The number of hydrogen-bond acceptors (Lipinski definition) is 4. The second kappa shape index (κ2) is 8.79. The minimum atomic E-state index is 0. The van der Waals surface area contributed by atoms with Gasteiger partial charge in [0, 0.05) is 31.7 Å². The smallest absolute Gasteiger partial charge is 0.185 e. The maximum Gasteiger partial charge on any atom is 0.185 e. The molecule has 1 heterocycles. The molecule has 0 amide bonds. The third-order valence-electron chi connectivity index (χ3n) is 2.18. The van der Waals surface area contributed by atoms with Gasteiger partial charge in [0.2, 0.25) is 0 Å². The zero-order valence-electron chi connectivity index (χ0n) is 10.3. The number of unbranched alkanes of at least 4 members (excludes halogenated alkanes) is 2. The minimum Gasteiger partial charge on any atom is -0.354 e. The highest BCUT2D eigenvalue weighted by molar-refractivity contribution is 7.15. The van der Waals surface area contributed by atoms with Gasteiger partial charge in [-0.05, 0) is 13.0 Å². The van der Waals surface area contributed by atoms with E-state index in [1.807, 2.05) is 25.2 Å². The molecular weight excluding hydrogens is 242 g/mol. The first-order chi connectivity index (χ1) is 7.24. The molecule has 0 fully saturated rings. The van der Waals surface area contributed by atoms with Gasteiger partial charge < -0.3 is 10.2 Å². The molecule has 0 unspecified atom stereocenters. The molecule has 0 aromatic carbocycles. The maximum absolute atomic E-state index is 4.34. The van der Waals surface area contributed by atoms with E-state index in [0.717, 1.165) is 18.2 Å². The first-order valence-corrected chi connectivity index (χ1v) is 6.38. The Morgan fingerprint density at radius 2 is 2.12 bits per heavy atom. The van der Waals surface area contributed by atoms with Gasteiger partial charge in [-0.25, -0.2) is 4.98 Å². The summed E-state index contributed by atoms with van der Waals surface area (Å²) in [4.78, 5) is 7.70. The standard InChI is InChI=1S/C11H21N3S.ClH/c1-4-5-6-7-12-8-10-9-13-11(15-10)14(2)3;/h9,12H,4-8H2,1-3H3;1H. The van der Waals surface area contributed by atoms with Crippen LogP contribution < -0.4 is 10.2 Å². The number of thiazole rings is 1. The summed E-state index contributed by atoms with van der Waals surface area (Å²) in [6, 6.07) is 0. The molecule has 0 bridgehead atoms. The first kappa shape index (κ1) is 15.7. The number of aromatic nitrogens is 1. The largest absolute Gasteiger partial charge is 0.354 e. The lowest BCUT2D eigenvalue weighted by Crippen LogP contribution is -2.13. The summed E-state index contributed by atoms with van der Waals surface area (Å²) in [6.45, 7) is 4.30. The Morgan fingerprint density at radius 1 is 1.38 bits per heavy atom. The molecule has 0 spiro atoms. The van der Waals surface area contributed by atoms with Crippen LogP contribution in [0, 0.1) is 0 Å². The van der Waals surface area contributed by atoms with Crippen molar-refractivity contribution in [3.63, 3.8) is 0 Å². The van der Waals surface area contributed by atoms with Crippen molar-refractivity contribution < 1.29 is 0 Å². The van der Waals surface area contributed by atoms with Crippen LogP contribution in [0.4, 0.5) is 5.13 Å². The molecule has 1 rings (SSSR count). The summed E-state index contributed by atoms with van der Waals surface area (Å²) in [5.41, 5.74) is 0.